The molecule has 1 fully saturated rings. The summed E-state index contributed by atoms with van der Waals surface area (Å²) >= 11 is 0. The van der Waals surface area contributed by atoms with Crippen molar-refractivity contribution in [3.8, 4) is 11.5 Å². The molecule has 0 aliphatic heterocycles. The summed E-state index contributed by atoms with van der Waals surface area (Å²) in [6, 6.07) is 3.41. The van der Waals surface area contributed by atoms with Gasteiger partial charge in [0.15, 0.2) is 0 Å². The molecule has 4 N–H and O–H groups in total. The minimum atomic E-state index is -4.50. The monoisotopic (exact) mass is 356 g/mol. The van der Waals surface area contributed by atoms with Crippen LogP contribution >= 0.6 is 0 Å². The first-order valence-electron chi connectivity index (χ1n) is 8.03. The number of nitrogens with one attached hydrogen (secondary N) is 2. The van der Waals surface area contributed by atoms with E-state index in [4.69, 9.17) is 10.2 Å². The molecule has 1 aromatic carbocycles. The summed E-state index contributed by atoms with van der Waals surface area (Å²) in [6.07, 6.45) is -1.96. The van der Waals surface area contributed by atoms with Crippen molar-refractivity contribution in [3.05, 3.63) is 34.3 Å². The Labute approximate surface area is 141 Å². The second-order valence-corrected chi connectivity index (χ2v) is 6.44. The number of aromatic nitrogens is 2. The molecule has 1 aromatic heterocycles. The minimum absolute atomic E-state index is 0.0580. The molecule has 1 heterocycles. The smallest absolute Gasteiger partial charge is 0.388 e. The first kappa shape index (κ1) is 17.5. The second kappa shape index (κ2) is 6.55. The maximum absolute atomic E-state index is 13.3. The molecule has 1 aliphatic rings. The fraction of sp³-hybridized carbons (Fsp3) is 0.500. The lowest BCUT2D eigenvalue weighted by Crippen LogP contribution is -2.27. The number of rotatable bonds is 4. The molecule has 2 aromatic rings. The predicted octanol–water partition coefficient (Wildman–Crippen LogP) is 2.98. The van der Waals surface area contributed by atoms with Gasteiger partial charge in [-0.2, -0.15) is 13.2 Å². The molecule has 25 heavy (non-hydrogen) atoms. The van der Waals surface area contributed by atoms with Crippen molar-refractivity contribution in [1.82, 2.24) is 10.2 Å². The van der Waals surface area contributed by atoms with Gasteiger partial charge in [0.1, 0.15) is 0 Å². The van der Waals surface area contributed by atoms with Crippen molar-refractivity contribution >= 4 is 5.69 Å². The number of hydrogen-bond acceptors (Lipinski definition) is 5. The summed E-state index contributed by atoms with van der Waals surface area (Å²) in [5.41, 5.74) is 5.34. The molecule has 0 spiro atoms. The van der Waals surface area contributed by atoms with Crippen LogP contribution in [0.1, 0.15) is 31.7 Å². The van der Waals surface area contributed by atoms with Crippen LogP contribution in [0, 0.1) is 5.92 Å². The Morgan fingerprint density at radius 2 is 2.16 bits per heavy atom. The number of hydrogen-bond donors (Lipinski definition) is 3. The van der Waals surface area contributed by atoms with E-state index in [1.165, 1.54) is 12.1 Å². The second-order valence-electron chi connectivity index (χ2n) is 6.44. The third-order valence-corrected chi connectivity index (χ3v) is 4.61. The zero-order chi connectivity index (χ0) is 18.2. The van der Waals surface area contributed by atoms with Crippen LogP contribution in [-0.4, -0.2) is 22.3 Å². The highest BCUT2D eigenvalue weighted by Gasteiger charge is 2.35. The van der Waals surface area contributed by atoms with Gasteiger partial charge in [-0.05, 0) is 50.3 Å². The van der Waals surface area contributed by atoms with Crippen LogP contribution in [0.2, 0.25) is 0 Å². The van der Waals surface area contributed by atoms with E-state index >= 15 is 0 Å². The van der Waals surface area contributed by atoms with E-state index < -0.39 is 17.5 Å². The highest BCUT2D eigenvalue weighted by atomic mass is 19.4. The van der Waals surface area contributed by atoms with Crippen LogP contribution in [0.25, 0.3) is 11.5 Å². The molecule has 3 atom stereocenters. The van der Waals surface area contributed by atoms with Crippen molar-refractivity contribution in [2.24, 2.45) is 11.7 Å². The summed E-state index contributed by atoms with van der Waals surface area (Å²) in [6.45, 7) is 1.85. The van der Waals surface area contributed by atoms with Gasteiger partial charge in [-0.3, -0.25) is 0 Å². The summed E-state index contributed by atoms with van der Waals surface area (Å²) in [4.78, 5) is 11.1. The lowest BCUT2D eigenvalue weighted by atomic mass is 9.98. The van der Waals surface area contributed by atoms with Gasteiger partial charge >= 0.3 is 11.9 Å². The first-order valence-corrected chi connectivity index (χ1v) is 8.03. The Morgan fingerprint density at radius 1 is 1.40 bits per heavy atom. The van der Waals surface area contributed by atoms with Crippen LogP contribution in [0.15, 0.2) is 27.4 Å². The fourth-order valence-corrected chi connectivity index (χ4v) is 3.27. The van der Waals surface area contributed by atoms with E-state index in [0.717, 1.165) is 25.3 Å². The molecule has 0 bridgehead atoms. The lowest BCUT2D eigenvalue weighted by molar-refractivity contribution is -0.137. The molecular weight excluding hydrogens is 337 g/mol. The van der Waals surface area contributed by atoms with E-state index in [2.05, 4.69) is 15.5 Å². The number of benzene rings is 1. The third-order valence-electron chi connectivity index (χ3n) is 4.61. The Hall–Kier alpha value is -2.29. The average molecular weight is 356 g/mol. The first-order chi connectivity index (χ1) is 11.7. The maximum atomic E-state index is 13.3. The minimum Gasteiger partial charge on any atom is -0.388 e. The molecule has 0 amide bonds. The van der Waals surface area contributed by atoms with Gasteiger partial charge in [-0.15, -0.1) is 5.10 Å². The maximum Gasteiger partial charge on any atom is 0.434 e. The summed E-state index contributed by atoms with van der Waals surface area (Å²) in [7, 11) is 0. The van der Waals surface area contributed by atoms with Crippen LogP contribution in [0.4, 0.5) is 18.9 Å². The van der Waals surface area contributed by atoms with E-state index in [1.54, 1.807) is 0 Å². The number of nitrogens with two attached hydrogens (primary N) is 1. The van der Waals surface area contributed by atoms with Crippen LogP contribution in [0.3, 0.4) is 0 Å². The molecule has 136 valence electrons. The number of nitrogens with zero attached hydrogens (tertiary/aromatic N) is 1. The van der Waals surface area contributed by atoms with Crippen molar-refractivity contribution < 1.29 is 17.6 Å². The van der Waals surface area contributed by atoms with Crippen LogP contribution < -0.4 is 16.8 Å². The largest absolute Gasteiger partial charge is 0.434 e. The van der Waals surface area contributed by atoms with Crippen LogP contribution in [0.5, 0.6) is 0 Å². The van der Waals surface area contributed by atoms with Crippen molar-refractivity contribution in [2.75, 3.05) is 5.32 Å². The molecule has 9 heteroatoms. The van der Waals surface area contributed by atoms with Gasteiger partial charge < -0.3 is 15.5 Å². The Kier molecular flexibility index (Phi) is 4.59. The Bertz CT molecular complexity index is 799. The summed E-state index contributed by atoms with van der Waals surface area (Å²) in [5.74, 6) is -0.613. The van der Waals surface area contributed by atoms with Crippen molar-refractivity contribution in [2.45, 2.75) is 44.4 Å². The lowest BCUT2D eigenvalue weighted by Gasteiger charge is -2.24. The number of H-pyrrole nitrogens is 1. The molecule has 0 radical (unpaired) electrons. The molecule has 0 saturated heterocycles. The topological polar surface area (TPSA) is 96.9 Å². The summed E-state index contributed by atoms with van der Waals surface area (Å²) < 4.78 is 44.8. The van der Waals surface area contributed by atoms with Gasteiger partial charge in [-0.1, -0.05) is 0 Å². The number of aromatic amines is 1. The zero-order valence-electron chi connectivity index (χ0n) is 13.6. The van der Waals surface area contributed by atoms with Crippen molar-refractivity contribution in [1.29, 1.82) is 0 Å². The number of anilines is 1. The normalized spacial score (nSPS) is 22.1. The Balaban J connectivity index is 1.92. The van der Waals surface area contributed by atoms with Crippen LogP contribution in [-0.2, 0) is 6.18 Å². The standard InChI is InChI=1S/C16H19F3N4O2/c1-8(9-2-4-11(20)6-9)21-13-7-10(14-22-23-15(24)25-14)3-5-12(13)16(17,18)19/h3,5,7-9,11,21H,2,4,6,20H2,1H3,(H,23,24)/t8-,9+,11-/m0/s1. The van der Waals surface area contributed by atoms with E-state index in [-0.39, 0.29) is 35.1 Å². The Morgan fingerprint density at radius 3 is 2.72 bits per heavy atom. The molecule has 6 nitrogen and oxygen atoms in total. The molecule has 0 unspecified atom stereocenters. The molecule has 1 saturated carbocycles. The van der Waals surface area contributed by atoms with Gasteiger partial charge in [0.2, 0.25) is 5.89 Å². The predicted molar refractivity (Wildman–Crippen MR) is 86.0 cm³/mol. The molecule has 1 aliphatic carbocycles. The SMILES string of the molecule is C[C@H](Nc1cc(-c2n[nH]c(=O)o2)ccc1C(F)(F)F)[C@@H]1CC[C@H](N)C1. The third kappa shape index (κ3) is 3.87. The number of alkyl halides is 3. The molecular formula is C16H19F3N4O2. The van der Waals surface area contributed by atoms with Crippen molar-refractivity contribution in [3.63, 3.8) is 0 Å². The fourth-order valence-electron chi connectivity index (χ4n) is 3.27. The number of halogens is 3. The summed E-state index contributed by atoms with van der Waals surface area (Å²) in [5, 5.41) is 8.71. The van der Waals surface area contributed by atoms with E-state index in [9.17, 15) is 18.0 Å². The van der Waals surface area contributed by atoms with Gasteiger partial charge in [0.05, 0.1) is 5.56 Å². The van der Waals surface area contributed by atoms with Gasteiger partial charge in [0, 0.05) is 23.3 Å². The average Bonchev–Trinajstić information content (AvgIpc) is 3.14. The highest BCUT2D eigenvalue weighted by molar-refractivity contribution is 5.65. The van der Waals surface area contributed by atoms with Gasteiger partial charge in [-0.25, -0.2) is 9.89 Å². The van der Waals surface area contributed by atoms with E-state index in [0.29, 0.717) is 0 Å². The quantitative estimate of drug-likeness (QED) is 0.782. The zero-order valence-corrected chi connectivity index (χ0v) is 13.6. The van der Waals surface area contributed by atoms with E-state index in [1.807, 2.05) is 6.92 Å². The highest BCUT2D eigenvalue weighted by Crippen LogP contribution is 2.38. The molecule has 3 rings (SSSR count). The van der Waals surface area contributed by atoms with Gasteiger partial charge in [0.25, 0.3) is 0 Å².